The molecule has 0 heteroatoms. The van der Waals surface area contributed by atoms with Crippen molar-refractivity contribution in [2.24, 2.45) is 11.3 Å². The second kappa shape index (κ2) is 8.01. The van der Waals surface area contributed by atoms with Crippen LogP contribution in [0.25, 0.3) is 11.1 Å². The molecule has 0 amide bonds. The van der Waals surface area contributed by atoms with Crippen LogP contribution in [0.3, 0.4) is 0 Å². The Kier molecular flexibility index (Phi) is 6.84. The molecule has 2 aromatic carbocycles. The van der Waals surface area contributed by atoms with Crippen LogP contribution in [0.1, 0.15) is 73.4 Å². The molecule has 0 unspecified atom stereocenters. The van der Waals surface area contributed by atoms with Crippen LogP contribution < -0.4 is 0 Å². The highest BCUT2D eigenvalue weighted by Gasteiger charge is 2.34. The van der Waals surface area contributed by atoms with Gasteiger partial charge in [-0.15, -0.1) is 0 Å². The molecule has 24 heavy (non-hydrogen) atoms. The van der Waals surface area contributed by atoms with E-state index in [4.69, 9.17) is 0 Å². The van der Waals surface area contributed by atoms with E-state index in [1.54, 1.807) is 0 Å². The average molecular weight is 325 g/mol. The second-order valence-electron chi connectivity index (χ2n) is 9.45. The van der Waals surface area contributed by atoms with Crippen LogP contribution in [0.15, 0.2) is 48.5 Å². The van der Waals surface area contributed by atoms with Gasteiger partial charge in [0.05, 0.1) is 0 Å². The summed E-state index contributed by atoms with van der Waals surface area (Å²) in [6.45, 7) is 19.9. The monoisotopic (exact) mass is 324 g/mol. The minimum Gasteiger partial charge on any atom is -0.0630 e. The van der Waals surface area contributed by atoms with Crippen molar-refractivity contribution in [2.75, 3.05) is 0 Å². The van der Waals surface area contributed by atoms with Crippen LogP contribution in [-0.4, -0.2) is 0 Å². The van der Waals surface area contributed by atoms with Crippen LogP contribution in [0.5, 0.6) is 0 Å². The Morgan fingerprint density at radius 2 is 0.917 bits per heavy atom. The molecule has 0 heterocycles. The molecule has 0 spiro atoms. The van der Waals surface area contributed by atoms with E-state index in [1.807, 2.05) is 0 Å². The predicted molar refractivity (Wildman–Crippen MR) is 110 cm³/mol. The predicted octanol–water partition coefficient (Wildman–Crippen LogP) is 7.71. The second-order valence-corrected chi connectivity index (χ2v) is 9.45. The number of benzene rings is 2. The highest BCUT2D eigenvalue weighted by atomic mass is 14.4. The SMILES string of the molecule is CC(C)(C)C.CC(C)C.CC1(C)c2ccccc2-c2ccccc21. The van der Waals surface area contributed by atoms with Crippen molar-refractivity contribution in [3.8, 4) is 11.1 Å². The van der Waals surface area contributed by atoms with Gasteiger partial charge < -0.3 is 0 Å². The van der Waals surface area contributed by atoms with Crippen molar-refractivity contribution in [1.29, 1.82) is 0 Å². The largest absolute Gasteiger partial charge is 0.0630 e. The summed E-state index contributed by atoms with van der Waals surface area (Å²) < 4.78 is 0. The Morgan fingerprint density at radius 3 is 1.21 bits per heavy atom. The molecule has 0 saturated carbocycles. The van der Waals surface area contributed by atoms with Crippen LogP contribution in [0.2, 0.25) is 0 Å². The molecule has 2 aromatic rings. The zero-order valence-electron chi connectivity index (χ0n) is 17.2. The van der Waals surface area contributed by atoms with Crippen LogP contribution >= 0.6 is 0 Å². The first-order valence-electron chi connectivity index (χ1n) is 9.14. The summed E-state index contributed by atoms with van der Waals surface area (Å²) >= 11 is 0. The lowest BCUT2D eigenvalue weighted by Gasteiger charge is -2.20. The minimum absolute atomic E-state index is 0.160. The maximum Gasteiger partial charge on any atom is 0.0158 e. The summed E-state index contributed by atoms with van der Waals surface area (Å²) in [5, 5.41) is 0. The van der Waals surface area contributed by atoms with Crippen molar-refractivity contribution in [3.05, 3.63) is 59.7 Å². The maximum atomic E-state index is 2.30. The van der Waals surface area contributed by atoms with Gasteiger partial charge in [0.2, 0.25) is 0 Å². The molecule has 0 aromatic heterocycles. The molecule has 0 N–H and O–H groups in total. The van der Waals surface area contributed by atoms with E-state index in [-0.39, 0.29) is 5.41 Å². The van der Waals surface area contributed by atoms with Gasteiger partial charge in [-0.05, 0) is 33.6 Å². The molecule has 1 aliphatic carbocycles. The molecule has 132 valence electrons. The van der Waals surface area contributed by atoms with Gasteiger partial charge >= 0.3 is 0 Å². The summed E-state index contributed by atoms with van der Waals surface area (Å²) in [6.07, 6.45) is 0. The first-order chi connectivity index (χ1) is 10.9. The fourth-order valence-electron chi connectivity index (χ4n) is 2.67. The van der Waals surface area contributed by atoms with Gasteiger partial charge in [0, 0.05) is 5.41 Å². The third-order valence-electron chi connectivity index (χ3n) is 3.49. The molecule has 0 aliphatic heterocycles. The summed E-state index contributed by atoms with van der Waals surface area (Å²) in [5.41, 5.74) is 6.36. The molecule has 0 nitrogen and oxygen atoms in total. The minimum atomic E-state index is 0.160. The Labute approximate surface area is 150 Å². The highest BCUT2D eigenvalue weighted by molar-refractivity contribution is 5.80. The molecule has 0 radical (unpaired) electrons. The Hall–Kier alpha value is -1.56. The molecule has 0 bridgehead atoms. The normalized spacial score (nSPS) is 13.9. The van der Waals surface area contributed by atoms with Crippen LogP contribution in [0, 0.1) is 11.3 Å². The van der Waals surface area contributed by atoms with Gasteiger partial charge in [-0.25, -0.2) is 0 Å². The quantitative estimate of drug-likeness (QED) is 0.465. The Morgan fingerprint density at radius 1 is 0.667 bits per heavy atom. The Balaban J connectivity index is 0.000000270. The van der Waals surface area contributed by atoms with E-state index in [1.165, 1.54) is 22.3 Å². The van der Waals surface area contributed by atoms with Crippen molar-refractivity contribution < 1.29 is 0 Å². The fraction of sp³-hybridized carbons (Fsp3) is 0.500. The summed E-state index contributed by atoms with van der Waals surface area (Å²) in [6, 6.07) is 17.4. The zero-order valence-corrected chi connectivity index (χ0v) is 17.2. The summed E-state index contributed by atoms with van der Waals surface area (Å²) in [7, 11) is 0. The van der Waals surface area contributed by atoms with E-state index in [9.17, 15) is 0 Å². The number of rotatable bonds is 0. The topological polar surface area (TPSA) is 0 Å². The van der Waals surface area contributed by atoms with Gasteiger partial charge in [0.1, 0.15) is 0 Å². The van der Waals surface area contributed by atoms with Gasteiger partial charge in [0.15, 0.2) is 0 Å². The van der Waals surface area contributed by atoms with Crippen molar-refractivity contribution >= 4 is 0 Å². The van der Waals surface area contributed by atoms with Crippen molar-refractivity contribution in [3.63, 3.8) is 0 Å². The van der Waals surface area contributed by atoms with E-state index in [2.05, 4.69) is 111 Å². The fourth-order valence-corrected chi connectivity index (χ4v) is 2.67. The molecule has 1 aliphatic rings. The van der Waals surface area contributed by atoms with Gasteiger partial charge in [-0.3, -0.25) is 0 Å². The first kappa shape index (κ1) is 20.5. The van der Waals surface area contributed by atoms with Crippen LogP contribution in [-0.2, 0) is 5.41 Å². The molecular formula is C24H36. The molecule has 0 fully saturated rings. The molecular weight excluding hydrogens is 288 g/mol. The number of fused-ring (bicyclic) bond motifs is 3. The lowest BCUT2D eigenvalue weighted by Crippen LogP contribution is -2.14. The lowest BCUT2D eigenvalue weighted by atomic mass is 9.82. The summed E-state index contributed by atoms with van der Waals surface area (Å²) in [4.78, 5) is 0. The third kappa shape index (κ3) is 5.82. The van der Waals surface area contributed by atoms with Gasteiger partial charge in [0.25, 0.3) is 0 Å². The molecule has 0 atom stereocenters. The highest BCUT2D eigenvalue weighted by Crippen LogP contribution is 2.47. The smallest absolute Gasteiger partial charge is 0.0158 e. The molecule has 0 saturated heterocycles. The lowest BCUT2D eigenvalue weighted by molar-refractivity contribution is 0.469. The Bertz CT molecular complexity index is 583. The number of hydrogen-bond acceptors (Lipinski definition) is 0. The van der Waals surface area contributed by atoms with E-state index >= 15 is 0 Å². The standard InChI is InChI=1S/C15H14.C5H12.C4H10/c1-15(2)13-9-5-3-7-11(13)12-8-4-6-10-14(12)15;1-5(2,3)4;1-4(2)3/h3-10H,1-2H3;1-4H3;4H,1-3H3. The van der Waals surface area contributed by atoms with Crippen molar-refractivity contribution in [1.82, 2.24) is 0 Å². The van der Waals surface area contributed by atoms with Crippen molar-refractivity contribution in [2.45, 2.75) is 67.7 Å². The average Bonchev–Trinajstić information content (AvgIpc) is 2.67. The van der Waals surface area contributed by atoms with Crippen LogP contribution in [0.4, 0.5) is 0 Å². The maximum absolute atomic E-state index is 2.30. The zero-order chi connectivity index (χ0) is 18.5. The van der Waals surface area contributed by atoms with E-state index in [0.29, 0.717) is 5.41 Å². The number of hydrogen-bond donors (Lipinski definition) is 0. The van der Waals surface area contributed by atoms with E-state index in [0.717, 1.165) is 5.92 Å². The summed E-state index contributed by atoms with van der Waals surface area (Å²) in [5.74, 6) is 0.833. The van der Waals surface area contributed by atoms with Gasteiger partial charge in [-0.2, -0.15) is 0 Å². The molecule has 3 rings (SSSR count). The first-order valence-corrected chi connectivity index (χ1v) is 9.14. The van der Waals surface area contributed by atoms with E-state index < -0.39 is 0 Å². The third-order valence-corrected chi connectivity index (χ3v) is 3.49. The van der Waals surface area contributed by atoms with Gasteiger partial charge in [-0.1, -0.05) is 111 Å².